The molecule has 0 amide bonds. The van der Waals surface area contributed by atoms with E-state index in [1.807, 2.05) is 0 Å². The number of ether oxygens (including phenoxy) is 2. The van der Waals surface area contributed by atoms with Gasteiger partial charge in [0.1, 0.15) is 0 Å². The van der Waals surface area contributed by atoms with Gasteiger partial charge in [0, 0.05) is 13.1 Å². The predicted octanol–water partition coefficient (Wildman–Crippen LogP) is -0.193. The SMILES string of the molecule is O=S(=O)(CC1COCCO1)N1CCC2(CCNCC2)C1. The minimum Gasteiger partial charge on any atom is -0.376 e. The summed E-state index contributed by atoms with van der Waals surface area (Å²) in [4.78, 5) is 0. The summed E-state index contributed by atoms with van der Waals surface area (Å²) in [6, 6.07) is 0. The highest BCUT2D eigenvalue weighted by atomic mass is 32.2. The molecule has 3 rings (SSSR count). The molecule has 0 bridgehead atoms. The van der Waals surface area contributed by atoms with Gasteiger partial charge in [0.2, 0.25) is 10.0 Å². The van der Waals surface area contributed by atoms with Crippen LogP contribution in [-0.2, 0) is 19.5 Å². The molecule has 1 unspecified atom stereocenters. The molecule has 116 valence electrons. The molecule has 7 heteroatoms. The third-order valence-electron chi connectivity index (χ3n) is 4.74. The first-order valence-electron chi connectivity index (χ1n) is 7.48. The molecule has 1 N–H and O–H groups in total. The van der Waals surface area contributed by atoms with Crippen molar-refractivity contribution in [2.24, 2.45) is 5.41 Å². The zero-order chi connectivity index (χ0) is 14.1. The molecule has 0 aliphatic carbocycles. The Morgan fingerprint density at radius 1 is 1.20 bits per heavy atom. The first kappa shape index (κ1) is 14.7. The van der Waals surface area contributed by atoms with E-state index in [9.17, 15) is 8.42 Å². The van der Waals surface area contributed by atoms with E-state index in [4.69, 9.17) is 9.47 Å². The fourth-order valence-electron chi connectivity index (χ4n) is 3.47. The zero-order valence-electron chi connectivity index (χ0n) is 11.8. The summed E-state index contributed by atoms with van der Waals surface area (Å²) in [5.74, 6) is 0.0569. The van der Waals surface area contributed by atoms with Gasteiger partial charge in [0.15, 0.2) is 0 Å². The van der Waals surface area contributed by atoms with Crippen molar-refractivity contribution in [1.82, 2.24) is 9.62 Å². The van der Waals surface area contributed by atoms with Gasteiger partial charge in [-0.05, 0) is 37.8 Å². The number of hydrogen-bond acceptors (Lipinski definition) is 5. The van der Waals surface area contributed by atoms with E-state index in [0.717, 1.165) is 32.4 Å². The van der Waals surface area contributed by atoms with Crippen molar-refractivity contribution in [2.45, 2.75) is 25.4 Å². The molecule has 0 aromatic carbocycles. The molecule has 3 aliphatic heterocycles. The summed E-state index contributed by atoms with van der Waals surface area (Å²) >= 11 is 0. The third kappa shape index (κ3) is 3.17. The standard InChI is InChI=1S/C13H24N2O4S/c16-20(17,10-12-9-18-7-8-19-12)15-6-3-13(11-15)1-4-14-5-2-13/h12,14H,1-11H2. The van der Waals surface area contributed by atoms with Crippen LogP contribution in [0.25, 0.3) is 0 Å². The maximum Gasteiger partial charge on any atom is 0.216 e. The molecule has 0 radical (unpaired) electrons. The molecule has 3 aliphatic rings. The summed E-state index contributed by atoms with van der Waals surface area (Å²) in [7, 11) is -3.23. The maximum absolute atomic E-state index is 12.5. The highest BCUT2D eigenvalue weighted by Crippen LogP contribution is 2.39. The Morgan fingerprint density at radius 3 is 2.70 bits per heavy atom. The largest absolute Gasteiger partial charge is 0.376 e. The lowest BCUT2D eigenvalue weighted by Crippen LogP contribution is -2.43. The van der Waals surface area contributed by atoms with Crippen LogP contribution < -0.4 is 5.32 Å². The Labute approximate surface area is 120 Å². The number of hydrogen-bond donors (Lipinski definition) is 1. The lowest BCUT2D eigenvalue weighted by Gasteiger charge is -2.33. The molecule has 0 aromatic heterocycles. The fraction of sp³-hybridized carbons (Fsp3) is 1.00. The molecule has 3 saturated heterocycles. The van der Waals surface area contributed by atoms with Crippen molar-refractivity contribution in [3.8, 4) is 0 Å². The first-order valence-corrected chi connectivity index (χ1v) is 9.09. The molecule has 3 fully saturated rings. The Bertz CT molecular complexity index is 428. The average Bonchev–Trinajstić information content (AvgIpc) is 2.85. The minimum atomic E-state index is -3.23. The van der Waals surface area contributed by atoms with Crippen LogP contribution in [0.2, 0.25) is 0 Å². The van der Waals surface area contributed by atoms with Crippen LogP contribution in [0.15, 0.2) is 0 Å². The van der Waals surface area contributed by atoms with Gasteiger partial charge in [-0.25, -0.2) is 12.7 Å². The van der Waals surface area contributed by atoms with Crippen LogP contribution in [0.3, 0.4) is 0 Å². The van der Waals surface area contributed by atoms with Crippen molar-refractivity contribution in [1.29, 1.82) is 0 Å². The van der Waals surface area contributed by atoms with Crippen molar-refractivity contribution >= 4 is 10.0 Å². The van der Waals surface area contributed by atoms with Crippen LogP contribution >= 0.6 is 0 Å². The summed E-state index contributed by atoms with van der Waals surface area (Å²) in [5, 5.41) is 3.35. The van der Waals surface area contributed by atoms with Gasteiger partial charge in [0.25, 0.3) is 0 Å². The van der Waals surface area contributed by atoms with Crippen LogP contribution in [0.1, 0.15) is 19.3 Å². The topological polar surface area (TPSA) is 67.9 Å². The summed E-state index contributed by atoms with van der Waals surface area (Å²) in [5.41, 5.74) is 0.211. The number of nitrogens with zero attached hydrogens (tertiary/aromatic N) is 1. The maximum atomic E-state index is 12.5. The van der Waals surface area contributed by atoms with Crippen molar-refractivity contribution in [3.63, 3.8) is 0 Å². The Kier molecular flexibility index (Phi) is 4.33. The van der Waals surface area contributed by atoms with Crippen molar-refractivity contribution in [2.75, 3.05) is 51.8 Å². The van der Waals surface area contributed by atoms with Gasteiger partial charge in [-0.1, -0.05) is 0 Å². The van der Waals surface area contributed by atoms with Crippen molar-refractivity contribution < 1.29 is 17.9 Å². The highest BCUT2D eigenvalue weighted by molar-refractivity contribution is 7.89. The lowest BCUT2D eigenvalue weighted by atomic mass is 9.78. The first-order chi connectivity index (χ1) is 9.60. The van der Waals surface area contributed by atoms with Gasteiger partial charge in [-0.3, -0.25) is 0 Å². The third-order valence-corrected chi connectivity index (χ3v) is 6.63. The Morgan fingerprint density at radius 2 is 2.00 bits per heavy atom. The second-order valence-electron chi connectivity index (χ2n) is 6.18. The molecule has 0 aromatic rings. The monoisotopic (exact) mass is 304 g/mol. The average molecular weight is 304 g/mol. The van der Waals surface area contributed by atoms with E-state index in [0.29, 0.717) is 32.9 Å². The van der Waals surface area contributed by atoms with E-state index in [1.165, 1.54) is 0 Å². The second-order valence-corrected chi connectivity index (χ2v) is 8.19. The van der Waals surface area contributed by atoms with Gasteiger partial charge in [-0.15, -0.1) is 0 Å². The van der Waals surface area contributed by atoms with E-state index in [-0.39, 0.29) is 17.3 Å². The lowest BCUT2D eigenvalue weighted by molar-refractivity contribution is -0.0785. The van der Waals surface area contributed by atoms with E-state index in [1.54, 1.807) is 4.31 Å². The van der Waals surface area contributed by atoms with Gasteiger partial charge in [-0.2, -0.15) is 0 Å². The molecular formula is C13H24N2O4S. The summed E-state index contributed by atoms with van der Waals surface area (Å²) in [6.45, 7) is 4.82. The van der Waals surface area contributed by atoms with E-state index in [2.05, 4.69) is 5.32 Å². The predicted molar refractivity (Wildman–Crippen MR) is 75.1 cm³/mol. The normalized spacial score (nSPS) is 31.7. The molecule has 20 heavy (non-hydrogen) atoms. The van der Waals surface area contributed by atoms with E-state index >= 15 is 0 Å². The minimum absolute atomic E-state index is 0.0569. The van der Waals surface area contributed by atoms with Crippen LogP contribution in [-0.4, -0.2) is 70.6 Å². The molecule has 1 atom stereocenters. The number of sulfonamides is 1. The van der Waals surface area contributed by atoms with Crippen LogP contribution in [0, 0.1) is 5.41 Å². The fourth-order valence-corrected chi connectivity index (χ4v) is 5.18. The Hall–Kier alpha value is -0.210. The molecule has 3 heterocycles. The highest BCUT2D eigenvalue weighted by Gasteiger charge is 2.43. The van der Waals surface area contributed by atoms with Gasteiger partial charge < -0.3 is 14.8 Å². The van der Waals surface area contributed by atoms with Gasteiger partial charge >= 0.3 is 0 Å². The molecule has 0 saturated carbocycles. The Balaban J connectivity index is 1.60. The second kappa shape index (κ2) is 5.88. The molecule has 6 nitrogen and oxygen atoms in total. The molecular weight excluding hydrogens is 280 g/mol. The molecule has 1 spiro atoms. The smallest absolute Gasteiger partial charge is 0.216 e. The number of nitrogens with one attached hydrogen (secondary N) is 1. The zero-order valence-corrected chi connectivity index (χ0v) is 12.7. The quantitative estimate of drug-likeness (QED) is 0.782. The van der Waals surface area contributed by atoms with Crippen molar-refractivity contribution in [3.05, 3.63) is 0 Å². The van der Waals surface area contributed by atoms with Gasteiger partial charge in [0.05, 0.1) is 31.7 Å². The number of piperidine rings is 1. The summed E-state index contributed by atoms with van der Waals surface area (Å²) in [6.07, 6.45) is 2.86. The summed E-state index contributed by atoms with van der Waals surface area (Å²) < 4.78 is 37.4. The number of rotatable bonds is 3. The van der Waals surface area contributed by atoms with Crippen LogP contribution in [0.5, 0.6) is 0 Å². The van der Waals surface area contributed by atoms with Crippen LogP contribution in [0.4, 0.5) is 0 Å². The van der Waals surface area contributed by atoms with E-state index < -0.39 is 10.0 Å².